The molecule has 3 aromatic rings. The Morgan fingerprint density at radius 3 is 2.46 bits per heavy atom. The van der Waals surface area contributed by atoms with Crippen molar-refractivity contribution < 1.29 is 31.5 Å². The summed E-state index contributed by atoms with van der Waals surface area (Å²) >= 11 is 0. The number of nitrogens with zero attached hydrogens (tertiary/aromatic N) is 3. The highest BCUT2D eigenvalue weighted by Crippen LogP contribution is 2.47. The van der Waals surface area contributed by atoms with Gasteiger partial charge in [-0.2, -0.15) is 13.2 Å². The van der Waals surface area contributed by atoms with Gasteiger partial charge in [-0.15, -0.1) is 0 Å². The molecule has 1 N–H and O–H groups in total. The van der Waals surface area contributed by atoms with Crippen molar-refractivity contribution in [2.24, 2.45) is 5.92 Å². The molecule has 2 atom stereocenters. The lowest BCUT2D eigenvalue weighted by Gasteiger charge is -2.24. The number of rotatable bonds is 5. The van der Waals surface area contributed by atoms with Gasteiger partial charge >= 0.3 is 6.18 Å². The van der Waals surface area contributed by atoms with Crippen LogP contribution in [0.15, 0.2) is 42.9 Å². The first kappa shape index (κ1) is 24.6. The zero-order chi connectivity index (χ0) is 25.3. The van der Waals surface area contributed by atoms with Crippen molar-refractivity contribution in [2.75, 3.05) is 11.9 Å². The second-order valence-corrected chi connectivity index (χ2v) is 8.41. The average molecular weight is 492 g/mol. The molecule has 1 aliphatic rings. The van der Waals surface area contributed by atoms with Crippen molar-refractivity contribution in [3.05, 3.63) is 71.6 Å². The summed E-state index contributed by atoms with van der Waals surface area (Å²) in [4.78, 5) is 25.3. The summed E-state index contributed by atoms with van der Waals surface area (Å²) < 4.78 is 75.0. The van der Waals surface area contributed by atoms with Crippen LogP contribution in [0.5, 0.6) is 0 Å². The normalized spacial score (nSPS) is 18.2. The Balaban J connectivity index is 1.82. The van der Waals surface area contributed by atoms with E-state index in [1.54, 1.807) is 0 Å². The van der Waals surface area contributed by atoms with Gasteiger partial charge in [-0.05, 0) is 30.7 Å². The van der Waals surface area contributed by atoms with Crippen LogP contribution in [-0.4, -0.2) is 33.6 Å². The summed E-state index contributed by atoms with van der Waals surface area (Å²) in [5, 5.41) is 2.52. The lowest BCUT2D eigenvalue weighted by atomic mass is 9.94. The van der Waals surface area contributed by atoms with Crippen LogP contribution in [0.25, 0.3) is 11.1 Å². The minimum Gasteiger partial charge on any atom is -0.371 e. The largest absolute Gasteiger partial charge is 0.394 e. The number of benzene rings is 1. The molecule has 0 saturated carbocycles. The van der Waals surface area contributed by atoms with E-state index in [-0.39, 0.29) is 47.0 Å². The van der Waals surface area contributed by atoms with Gasteiger partial charge in [0, 0.05) is 42.2 Å². The number of hydrogen-bond acceptors (Lipinski definition) is 5. The Hall–Kier alpha value is -3.47. The van der Waals surface area contributed by atoms with Gasteiger partial charge in [0.1, 0.15) is 23.6 Å². The Labute approximate surface area is 197 Å². The summed E-state index contributed by atoms with van der Waals surface area (Å²) in [6.07, 6.45) is -2.71. The summed E-state index contributed by atoms with van der Waals surface area (Å²) in [5.74, 6) is -3.72. The lowest BCUT2D eigenvalue weighted by molar-refractivity contribution is -0.187. The van der Waals surface area contributed by atoms with Crippen LogP contribution >= 0.6 is 0 Å². The van der Waals surface area contributed by atoms with Crippen molar-refractivity contribution in [3.63, 3.8) is 0 Å². The quantitative estimate of drug-likeness (QED) is 0.454. The number of carbonyl (C=O) groups is 1. The molecule has 1 aliphatic heterocycles. The van der Waals surface area contributed by atoms with Gasteiger partial charge in [-0.3, -0.25) is 9.78 Å². The fourth-order valence-electron chi connectivity index (χ4n) is 3.89. The molecule has 2 aromatic heterocycles. The second kappa shape index (κ2) is 9.65. The van der Waals surface area contributed by atoms with Crippen LogP contribution in [0.3, 0.4) is 0 Å². The molecule has 0 spiro atoms. The molecule has 0 radical (unpaired) electrons. The van der Waals surface area contributed by atoms with Crippen molar-refractivity contribution in [1.29, 1.82) is 0 Å². The summed E-state index contributed by atoms with van der Waals surface area (Å²) in [6, 6.07) is 3.97. The van der Waals surface area contributed by atoms with Crippen molar-refractivity contribution in [3.8, 4) is 11.1 Å². The maximum absolute atomic E-state index is 14.7. The van der Waals surface area contributed by atoms with Gasteiger partial charge in [0.15, 0.2) is 0 Å². The zero-order valence-corrected chi connectivity index (χ0v) is 18.7. The summed E-state index contributed by atoms with van der Waals surface area (Å²) in [7, 11) is 0. The van der Waals surface area contributed by atoms with E-state index in [1.807, 2.05) is 13.8 Å². The highest BCUT2D eigenvalue weighted by atomic mass is 19.4. The van der Waals surface area contributed by atoms with Crippen LogP contribution in [0, 0.1) is 17.6 Å². The van der Waals surface area contributed by atoms with Crippen LogP contribution in [0.1, 0.15) is 54.2 Å². The standard InChI is InChI=1S/C24H21F5N4O2/c1-12(2)22-31-10-13(11-32-22)23(34)33-19-15(16-9-14(25)3-4-18(16)26)5-7-30-20(19)21-17(6-8-35-21)24(27,28)29/h3-5,7,9-12,17,21H,6,8H2,1-2H3,(H,33,34)/t17?,21-/m1/s1. The van der Waals surface area contributed by atoms with Crippen molar-refractivity contribution in [2.45, 2.75) is 38.5 Å². The van der Waals surface area contributed by atoms with Crippen molar-refractivity contribution in [1.82, 2.24) is 15.0 Å². The number of carbonyl (C=O) groups excluding carboxylic acids is 1. The SMILES string of the molecule is CC(C)c1ncc(C(=O)Nc2c(-c3cc(F)ccc3F)ccnc2[C@@H]2OCCC2C(F)(F)F)cn1. The molecule has 6 nitrogen and oxygen atoms in total. The molecule has 11 heteroatoms. The number of ether oxygens (including phenoxy) is 1. The van der Waals surface area contributed by atoms with Crippen LogP contribution in [-0.2, 0) is 4.74 Å². The third-order valence-corrected chi connectivity index (χ3v) is 5.67. The second-order valence-electron chi connectivity index (χ2n) is 8.41. The molecule has 1 aromatic carbocycles. The highest BCUT2D eigenvalue weighted by Gasteiger charge is 2.50. The Bertz CT molecular complexity index is 1230. The monoisotopic (exact) mass is 492 g/mol. The van der Waals surface area contributed by atoms with Gasteiger partial charge in [0.25, 0.3) is 5.91 Å². The van der Waals surface area contributed by atoms with Crippen molar-refractivity contribution >= 4 is 11.6 Å². The van der Waals surface area contributed by atoms with E-state index in [4.69, 9.17) is 4.74 Å². The van der Waals surface area contributed by atoms with E-state index in [9.17, 15) is 26.7 Å². The number of pyridine rings is 1. The fraction of sp³-hybridized carbons (Fsp3) is 0.333. The molecule has 1 amide bonds. The maximum atomic E-state index is 14.7. The Morgan fingerprint density at radius 1 is 1.09 bits per heavy atom. The third-order valence-electron chi connectivity index (χ3n) is 5.67. The highest BCUT2D eigenvalue weighted by molar-refractivity contribution is 6.06. The number of alkyl halides is 3. The number of halogens is 5. The van der Waals surface area contributed by atoms with Gasteiger partial charge in [-0.1, -0.05) is 13.8 Å². The van der Waals surface area contributed by atoms with E-state index in [0.29, 0.717) is 5.82 Å². The topological polar surface area (TPSA) is 77.0 Å². The molecule has 3 heterocycles. The van der Waals surface area contributed by atoms with E-state index in [0.717, 1.165) is 18.2 Å². The van der Waals surface area contributed by atoms with Gasteiger partial charge < -0.3 is 10.1 Å². The molecule has 4 rings (SSSR count). The van der Waals surface area contributed by atoms with Gasteiger partial charge in [0.05, 0.1) is 22.9 Å². The van der Waals surface area contributed by atoms with Crippen LogP contribution in [0.4, 0.5) is 27.6 Å². The molecule has 0 aliphatic carbocycles. The molecular formula is C24H21F5N4O2. The number of nitrogens with one attached hydrogen (secondary N) is 1. The molecule has 35 heavy (non-hydrogen) atoms. The van der Waals surface area contributed by atoms with E-state index in [2.05, 4.69) is 20.3 Å². The molecule has 1 saturated heterocycles. The average Bonchev–Trinajstić information content (AvgIpc) is 3.31. The first-order valence-electron chi connectivity index (χ1n) is 10.8. The first-order chi connectivity index (χ1) is 16.6. The molecule has 184 valence electrons. The molecule has 0 bridgehead atoms. The Kier molecular flexibility index (Phi) is 6.79. The number of amides is 1. The predicted octanol–water partition coefficient (Wildman–Crippen LogP) is 5.83. The predicted molar refractivity (Wildman–Crippen MR) is 117 cm³/mol. The first-order valence-corrected chi connectivity index (χ1v) is 10.8. The molecule has 1 fully saturated rings. The minimum atomic E-state index is -4.59. The smallest absolute Gasteiger partial charge is 0.371 e. The summed E-state index contributed by atoms with van der Waals surface area (Å²) in [5.41, 5.74) is -0.724. The lowest BCUT2D eigenvalue weighted by Crippen LogP contribution is -2.27. The minimum absolute atomic E-state index is 0.0124. The van der Waals surface area contributed by atoms with Crippen LogP contribution in [0.2, 0.25) is 0 Å². The van der Waals surface area contributed by atoms with Crippen LogP contribution < -0.4 is 5.32 Å². The van der Waals surface area contributed by atoms with Gasteiger partial charge in [-0.25, -0.2) is 18.7 Å². The molecular weight excluding hydrogens is 471 g/mol. The number of anilines is 1. The zero-order valence-electron chi connectivity index (χ0n) is 18.7. The Morgan fingerprint density at radius 2 is 1.80 bits per heavy atom. The van der Waals surface area contributed by atoms with Gasteiger partial charge in [0.2, 0.25) is 0 Å². The number of hydrogen-bond donors (Lipinski definition) is 1. The summed E-state index contributed by atoms with van der Waals surface area (Å²) in [6.45, 7) is 3.57. The molecule has 1 unspecified atom stereocenters. The fourth-order valence-corrected chi connectivity index (χ4v) is 3.89. The maximum Gasteiger partial charge on any atom is 0.394 e. The van der Waals surface area contributed by atoms with E-state index in [1.165, 1.54) is 24.7 Å². The number of aromatic nitrogens is 3. The van der Waals surface area contributed by atoms with E-state index >= 15 is 0 Å². The van der Waals surface area contributed by atoms with E-state index < -0.39 is 35.7 Å². The third kappa shape index (κ3) is 5.14.